The zero-order chi connectivity index (χ0) is 17.6. The van der Waals surface area contributed by atoms with Crippen molar-refractivity contribution in [1.82, 2.24) is 0 Å². The van der Waals surface area contributed by atoms with Crippen molar-refractivity contribution in [2.45, 2.75) is 38.0 Å². The molecule has 1 atom stereocenters. The lowest BCUT2D eigenvalue weighted by Crippen LogP contribution is -2.13. The molecule has 0 aliphatic heterocycles. The van der Waals surface area contributed by atoms with Crippen molar-refractivity contribution in [3.8, 4) is 0 Å². The highest BCUT2D eigenvalue weighted by molar-refractivity contribution is 7.92. The van der Waals surface area contributed by atoms with E-state index in [1.54, 1.807) is 30.3 Å². The minimum absolute atomic E-state index is 0.265. The summed E-state index contributed by atoms with van der Waals surface area (Å²) in [5.74, 6) is 1.67. The van der Waals surface area contributed by atoms with Gasteiger partial charge in [-0.05, 0) is 56.0 Å². The Labute approximate surface area is 147 Å². The molecule has 0 amide bonds. The van der Waals surface area contributed by atoms with Gasteiger partial charge in [-0.25, -0.2) is 8.42 Å². The normalized spacial score (nSPS) is 17.4. The van der Waals surface area contributed by atoms with Crippen LogP contribution in [-0.4, -0.2) is 8.42 Å². The first kappa shape index (κ1) is 16.2. The summed E-state index contributed by atoms with van der Waals surface area (Å²) < 4.78 is 33.8. The van der Waals surface area contributed by atoms with Crippen molar-refractivity contribution in [3.63, 3.8) is 0 Å². The predicted molar refractivity (Wildman–Crippen MR) is 99.4 cm³/mol. The van der Waals surface area contributed by atoms with E-state index in [9.17, 15) is 8.42 Å². The maximum Gasteiger partial charge on any atom is 0.261 e. The smallest absolute Gasteiger partial charge is 0.261 e. The first-order valence-corrected chi connectivity index (χ1v) is 10.0. The van der Waals surface area contributed by atoms with Gasteiger partial charge in [0.2, 0.25) is 0 Å². The molecular weight excluding hydrogens is 334 g/mol. The standard InChI is InChI=1S/C20H21NO3S/c1-13-3-7-16(8-4-13)25(22,23)21-15-6-10-20-18(12-15)17-11-14(2)5-9-19(17)24-20/h3-4,6-8,10,12,14,21H,5,9,11H2,1-2H3/t14-/m0/s1. The van der Waals surface area contributed by atoms with Crippen molar-refractivity contribution in [2.24, 2.45) is 5.92 Å². The summed E-state index contributed by atoms with van der Waals surface area (Å²) >= 11 is 0. The molecule has 0 radical (unpaired) electrons. The summed E-state index contributed by atoms with van der Waals surface area (Å²) in [6, 6.07) is 12.3. The second kappa shape index (κ2) is 5.92. The molecule has 2 aromatic carbocycles. The summed E-state index contributed by atoms with van der Waals surface area (Å²) in [7, 11) is -3.59. The van der Waals surface area contributed by atoms with Gasteiger partial charge in [-0.15, -0.1) is 0 Å². The Morgan fingerprint density at radius 3 is 2.64 bits per heavy atom. The van der Waals surface area contributed by atoms with Crippen molar-refractivity contribution in [2.75, 3.05) is 4.72 Å². The third-order valence-electron chi connectivity index (χ3n) is 4.87. The van der Waals surface area contributed by atoms with Gasteiger partial charge in [0.25, 0.3) is 10.0 Å². The minimum atomic E-state index is -3.59. The number of sulfonamides is 1. The van der Waals surface area contributed by atoms with Crippen molar-refractivity contribution < 1.29 is 12.8 Å². The number of hydrogen-bond acceptors (Lipinski definition) is 3. The van der Waals surface area contributed by atoms with Gasteiger partial charge in [0.15, 0.2) is 0 Å². The molecule has 0 spiro atoms. The van der Waals surface area contributed by atoms with Gasteiger partial charge in [0, 0.05) is 23.1 Å². The molecule has 0 fully saturated rings. The fraction of sp³-hybridized carbons (Fsp3) is 0.300. The molecule has 1 aliphatic rings. The van der Waals surface area contributed by atoms with E-state index in [1.807, 2.05) is 19.1 Å². The van der Waals surface area contributed by atoms with Crippen LogP contribution in [0.15, 0.2) is 51.8 Å². The number of benzene rings is 2. The molecule has 25 heavy (non-hydrogen) atoms. The Morgan fingerprint density at radius 1 is 1.12 bits per heavy atom. The zero-order valence-corrected chi connectivity index (χ0v) is 15.2. The first-order chi connectivity index (χ1) is 11.9. The molecule has 5 heteroatoms. The Kier molecular flexibility index (Phi) is 3.84. The molecule has 4 rings (SSSR count). The second-order valence-corrected chi connectivity index (χ2v) is 8.66. The molecule has 4 nitrogen and oxygen atoms in total. The second-order valence-electron chi connectivity index (χ2n) is 6.98. The number of fused-ring (bicyclic) bond motifs is 3. The topological polar surface area (TPSA) is 59.3 Å². The van der Waals surface area contributed by atoms with Crippen LogP contribution < -0.4 is 4.72 Å². The van der Waals surface area contributed by atoms with E-state index in [4.69, 9.17) is 4.42 Å². The summed E-state index contributed by atoms with van der Waals surface area (Å²) in [5, 5.41) is 1.02. The highest BCUT2D eigenvalue weighted by Gasteiger charge is 2.22. The molecule has 0 bridgehead atoms. The summed E-state index contributed by atoms with van der Waals surface area (Å²) in [5.41, 5.74) is 3.65. The predicted octanol–water partition coefficient (Wildman–Crippen LogP) is 4.67. The fourth-order valence-electron chi connectivity index (χ4n) is 3.45. The number of hydrogen-bond donors (Lipinski definition) is 1. The lowest BCUT2D eigenvalue weighted by Gasteiger charge is -2.16. The Balaban J connectivity index is 1.70. The number of furan rings is 1. The SMILES string of the molecule is Cc1ccc(S(=O)(=O)Nc2ccc3oc4c(c3c2)C[C@@H](C)CC4)cc1. The van der Waals surface area contributed by atoms with Gasteiger partial charge in [-0.3, -0.25) is 4.72 Å². The highest BCUT2D eigenvalue weighted by Crippen LogP contribution is 2.35. The minimum Gasteiger partial charge on any atom is -0.461 e. The van der Waals surface area contributed by atoms with Gasteiger partial charge in [0.05, 0.1) is 4.90 Å². The Morgan fingerprint density at radius 2 is 1.88 bits per heavy atom. The van der Waals surface area contributed by atoms with E-state index in [1.165, 1.54) is 5.56 Å². The van der Waals surface area contributed by atoms with E-state index < -0.39 is 10.0 Å². The largest absolute Gasteiger partial charge is 0.461 e. The summed E-state index contributed by atoms with van der Waals surface area (Å²) in [4.78, 5) is 0.265. The van der Waals surface area contributed by atoms with Crippen LogP contribution in [0, 0.1) is 12.8 Å². The maximum atomic E-state index is 12.6. The van der Waals surface area contributed by atoms with Gasteiger partial charge in [-0.1, -0.05) is 24.6 Å². The van der Waals surface area contributed by atoms with Crippen LogP contribution in [0.25, 0.3) is 11.0 Å². The van der Waals surface area contributed by atoms with Crippen LogP contribution in [0.3, 0.4) is 0 Å². The van der Waals surface area contributed by atoms with Crippen molar-refractivity contribution in [1.29, 1.82) is 0 Å². The zero-order valence-electron chi connectivity index (χ0n) is 14.4. The number of nitrogens with one attached hydrogen (secondary N) is 1. The number of aryl methyl sites for hydroxylation is 2. The molecule has 3 aromatic rings. The highest BCUT2D eigenvalue weighted by atomic mass is 32.2. The van der Waals surface area contributed by atoms with E-state index >= 15 is 0 Å². The van der Waals surface area contributed by atoms with Crippen LogP contribution in [0.4, 0.5) is 5.69 Å². The van der Waals surface area contributed by atoms with Crippen LogP contribution in [0.1, 0.15) is 30.2 Å². The molecule has 1 aliphatic carbocycles. The van der Waals surface area contributed by atoms with Crippen molar-refractivity contribution >= 4 is 26.7 Å². The number of anilines is 1. The third-order valence-corrected chi connectivity index (χ3v) is 6.27. The molecule has 1 heterocycles. The average molecular weight is 355 g/mol. The lowest BCUT2D eigenvalue weighted by molar-refractivity contribution is 0.438. The summed E-state index contributed by atoms with van der Waals surface area (Å²) in [6.07, 6.45) is 3.08. The lowest BCUT2D eigenvalue weighted by atomic mass is 9.88. The van der Waals surface area contributed by atoms with E-state index in [2.05, 4.69) is 11.6 Å². The van der Waals surface area contributed by atoms with Crippen molar-refractivity contribution in [3.05, 3.63) is 59.4 Å². The van der Waals surface area contributed by atoms with Gasteiger partial charge in [-0.2, -0.15) is 0 Å². The van der Waals surface area contributed by atoms with Crippen LogP contribution in [0.2, 0.25) is 0 Å². The molecule has 0 unspecified atom stereocenters. The first-order valence-electron chi connectivity index (χ1n) is 8.56. The molecular formula is C20H21NO3S. The molecule has 0 saturated heterocycles. The fourth-order valence-corrected chi connectivity index (χ4v) is 4.50. The van der Waals surface area contributed by atoms with Gasteiger partial charge >= 0.3 is 0 Å². The maximum absolute atomic E-state index is 12.6. The van der Waals surface area contributed by atoms with E-state index in [-0.39, 0.29) is 4.90 Å². The third kappa shape index (κ3) is 3.04. The van der Waals surface area contributed by atoms with Crippen LogP contribution in [0.5, 0.6) is 0 Å². The molecule has 1 aromatic heterocycles. The molecule has 130 valence electrons. The van der Waals surface area contributed by atoms with E-state index in [0.29, 0.717) is 11.6 Å². The quantitative estimate of drug-likeness (QED) is 0.743. The average Bonchev–Trinajstić information content (AvgIpc) is 2.92. The molecule has 1 N–H and O–H groups in total. The van der Waals surface area contributed by atoms with Crippen LogP contribution in [-0.2, 0) is 22.9 Å². The number of rotatable bonds is 3. The Hall–Kier alpha value is -2.27. The molecule has 0 saturated carbocycles. The monoisotopic (exact) mass is 355 g/mol. The van der Waals surface area contributed by atoms with E-state index in [0.717, 1.165) is 41.6 Å². The summed E-state index contributed by atoms with van der Waals surface area (Å²) in [6.45, 7) is 4.17. The Bertz CT molecular complexity index is 1030. The van der Waals surface area contributed by atoms with Gasteiger partial charge < -0.3 is 4.42 Å². The van der Waals surface area contributed by atoms with Gasteiger partial charge in [0.1, 0.15) is 11.3 Å². The van der Waals surface area contributed by atoms with Crippen LogP contribution >= 0.6 is 0 Å².